The molecule has 0 saturated carbocycles. The minimum absolute atomic E-state index is 0.0107. The van der Waals surface area contributed by atoms with Crippen LogP contribution in [0, 0.1) is 0 Å². The Morgan fingerprint density at radius 1 is 1.35 bits per heavy atom. The Hall–Kier alpha value is -2.31. The number of hydrogen-bond donors (Lipinski definition) is 2. The first-order valence-corrected chi connectivity index (χ1v) is 12.7. The Morgan fingerprint density at radius 2 is 2.10 bits per heavy atom. The maximum absolute atomic E-state index is 12.6. The molecular formula is C18H23ClN6O4S2. The van der Waals surface area contributed by atoms with Gasteiger partial charge in [-0.2, -0.15) is 0 Å². The highest BCUT2D eigenvalue weighted by molar-refractivity contribution is 7.99. The zero-order chi connectivity index (χ0) is 22.6. The molecule has 1 aromatic carbocycles. The van der Waals surface area contributed by atoms with E-state index in [2.05, 4.69) is 15.5 Å². The monoisotopic (exact) mass is 486 g/mol. The van der Waals surface area contributed by atoms with E-state index in [-0.39, 0.29) is 35.6 Å². The van der Waals surface area contributed by atoms with E-state index in [9.17, 15) is 18.0 Å². The zero-order valence-corrected chi connectivity index (χ0v) is 19.2. The van der Waals surface area contributed by atoms with Gasteiger partial charge in [0.1, 0.15) is 0 Å². The minimum Gasteiger partial charge on any atom is -0.351 e. The number of thioether (sulfide) groups is 1. The Kier molecular flexibility index (Phi) is 7.44. The summed E-state index contributed by atoms with van der Waals surface area (Å²) < 4.78 is 24.3. The molecule has 1 aliphatic heterocycles. The van der Waals surface area contributed by atoms with Gasteiger partial charge in [0.15, 0.2) is 15.7 Å². The standard InChI is InChI=1S/C18H23ClN6O4S2/c1-2-24(9-15(26)21-12-7-8-31(28,29)11-12)16(27)10-30-18-23-22-17(25(18)20)13-5-3-4-6-14(13)19/h3-6,12H,2,7-11,20H2,1H3,(H,21,26). The molecule has 168 valence electrons. The Morgan fingerprint density at radius 3 is 2.74 bits per heavy atom. The molecule has 1 atom stereocenters. The minimum atomic E-state index is -3.09. The summed E-state index contributed by atoms with van der Waals surface area (Å²) in [6.07, 6.45) is 0.393. The molecule has 0 bridgehead atoms. The molecule has 2 amide bonds. The second-order valence-electron chi connectivity index (χ2n) is 7.02. The van der Waals surface area contributed by atoms with Gasteiger partial charge in [0.05, 0.1) is 28.8 Å². The third kappa shape index (κ3) is 5.89. The van der Waals surface area contributed by atoms with Crippen molar-refractivity contribution in [2.45, 2.75) is 24.5 Å². The van der Waals surface area contributed by atoms with Crippen molar-refractivity contribution < 1.29 is 18.0 Å². The second kappa shape index (κ2) is 9.88. The number of nitrogen functional groups attached to an aromatic ring is 1. The molecular weight excluding hydrogens is 464 g/mol. The fourth-order valence-electron chi connectivity index (χ4n) is 3.15. The van der Waals surface area contributed by atoms with Gasteiger partial charge in [-0.05, 0) is 25.5 Å². The van der Waals surface area contributed by atoms with E-state index in [1.165, 1.54) is 9.58 Å². The predicted molar refractivity (Wildman–Crippen MR) is 119 cm³/mol. The van der Waals surface area contributed by atoms with Crippen molar-refractivity contribution in [1.82, 2.24) is 25.1 Å². The summed E-state index contributed by atoms with van der Waals surface area (Å²) >= 11 is 7.28. The van der Waals surface area contributed by atoms with Crippen LogP contribution >= 0.6 is 23.4 Å². The number of nitrogens with zero attached hydrogens (tertiary/aromatic N) is 4. The summed E-state index contributed by atoms with van der Waals surface area (Å²) in [4.78, 5) is 26.2. The normalized spacial score (nSPS) is 17.4. The molecule has 3 rings (SSSR count). The van der Waals surface area contributed by atoms with Gasteiger partial charge in [0.2, 0.25) is 17.0 Å². The van der Waals surface area contributed by atoms with Crippen molar-refractivity contribution in [2.75, 3.05) is 36.2 Å². The highest BCUT2D eigenvalue weighted by atomic mass is 35.5. The highest BCUT2D eigenvalue weighted by Crippen LogP contribution is 2.27. The van der Waals surface area contributed by atoms with E-state index >= 15 is 0 Å². The van der Waals surface area contributed by atoms with E-state index in [4.69, 9.17) is 17.4 Å². The average Bonchev–Trinajstić information content (AvgIpc) is 3.25. The van der Waals surface area contributed by atoms with E-state index in [0.717, 1.165) is 11.8 Å². The van der Waals surface area contributed by atoms with Crippen molar-refractivity contribution in [3.8, 4) is 11.4 Å². The lowest BCUT2D eigenvalue weighted by molar-refractivity contribution is -0.134. The molecule has 0 radical (unpaired) electrons. The molecule has 2 aromatic rings. The van der Waals surface area contributed by atoms with Crippen molar-refractivity contribution >= 4 is 45.0 Å². The number of halogens is 1. The smallest absolute Gasteiger partial charge is 0.239 e. The van der Waals surface area contributed by atoms with Crippen LogP contribution in [-0.4, -0.2) is 76.4 Å². The van der Waals surface area contributed by atoms with Crippen molar-refractivity contribution in [2.24, 2.45) is 0 Å². The van der Waals surface area contributed by atoms with Crippen LogP contribution in [0.1, 0.15) is 13.3 Å². The first-order valence-electron chi connectivity index (χ1n) is 9.56. The topological polar surface area (TPSA) is 140 Å². The lowest BCUT2D eigenvalue weighted by atomic mass is 10.2. The molecule has 1 aliphatic rings. The number of carbonyl (C=O) groups excluding carboxylic acids is 2. The lowest BCUT2D eigenvalue weighted by Crippen LogP contribution is -2.45. The summed E-state index contributed by atoms with van der Waals surface area (Å²) in [7, 11) is -3.09. The van der Waals surface area contributed by atoms with Gasteiger partial charge < -0.3 is 16.1 Å². The molecule has 1 saturated heterocycles. The van der Waals surface area contributed by atoms with Crippen LogP contribution in [0.5, 0.6) is 0 Å². The van der Waals surface area contributed by atoms with E-state index < -0.39 is 15.9 Å². The number of nitrogens with two attached hydrogens (primary N) is 1. The maximum atomic E-state index is 12.6. The van der Waals surface area contributed by atoms with Crippen molar-refractivity contribution in [3.05, 3.63) is 29.3 Å². The molecule has 2 heterocycles. The summed E-state index contributed by atoms with van der Waals surface area (Å²) in [5.74, 6) is 5.80. The zero-order valence-electron chi connectivity index (χ0n) is 16.8. The number of nitrogens with one attached hydrogen (secondary N) is 1. The Bertz CT molecular complexity index is 1070. The summed E-state index contributed by atoms with van der Waals surface area (Å²) in [6, 6.07) is 6.67. The van der Waals surface area contributed by atoms with Crippen LogP contribution in [0.4, 0.5) is 0 Å². The molecule has 0 aliphatic carbocycles. The third-order valence-corrected chi connectivity index (χ3v) is 7.80. The van der Waals surface area contributed by atoms with E-state index in [1.54, 1.807) is 31.2 Å². The van der Waals surface area contributed by atoms with Crippen molar-refractivity contribution in [1.29, 1.82) is 0 Å². The molecule has 13 heteroatoms. The second-order valence-corrected chi connectivity index (χ2v) is 10.6. The lowest BCUT2D eigenvalue weighted by Gasteiger charge is -2.21. The van der Waals surface area contributed by atoms with Gasteiger partial charge in [-0.25, -0.2) is 13.1 Å². The predicted octanol–water partition coefficient (Wildman–Crippen LogP) is 0.556. The van der Waals surface area contributed by atoms with Gasteiger partial charge >= 0.3 is 0 Å². The van der Waals surface area contributed by atoms with Crippen molar-refractivity contribution in [3.63, 3.8) is 0 Å². The van der Waals surface area contributed by atoms with E-state index in [1.807, 2.05) is 0 Å². The summed E-state index contributed by atoms with van der Waals surface area (Å²) in [6.45, 7) is 1.94. The number of sulfone groups is 1. The van der Waals surface area contributed by atoms with Crippen LogP contribution in [0.3, 0.4) is 0 Å². The first-order chi connectivity index (χ1) is 14.7. The molecule has 1 aromatic heterocycles. The molecule has 1 unspecified atom stereocenters. The highest BCUT2D eigenvalue weighted by Gasteiger charge is 2.29. The van der Waals surface area contributed by atoms with Gasteiger partial charge in [-0.3, -0.25) is 9.59 Å². The van der Waals surface area contributed by atoms with E-state index in [0.29, 0.717) is 34.5 Å². The van der Waals surface area contributed by atoms with Crippen LogP contribution in [0.2, 0.25) is 5.02 Å². The van der Waals surface area contributed by atoms with Gasteiger partial charge in [0.25, 0.3) is 0 Å². The van der Waals surface area contributed by atoms with Crippen LogP contribution in [0.25, 0.3) is 11.4 Å². The quantitative estimate of drug-likeness (QED) is 0.407. The number of aromatic nitrogens is 3. The number of carbonyl (C=O) groups is 2. The molecule has 31 heavy (non-hydrogen) atoms. The number of likely N-dealkylation sites (N-methyl/N-ethyl adjacent to an activating group) is 1. The fraction of sp³-hybridized carbons (Fsp3) is 0.444. The number of rotatable bonds is 8. The van der Waals surface area contributed by atoms with Gasteiger partial charge in [0, 0.05) is 18.2 Å². The Labute approximate surface area is 189 Å². The first kappa shape index (κ1) is 23.4. The summed E-state index contributed by atoms with van der Waals surface area (Å²) in [5.41, 5.74) is 0.623. The number of benzene rings is 1. The summed E-state index contributed by atoms with van der Waals surface area (Å²) in [5, 5.41) is 11.6. The maximum Gasteiger partial charge on any atom is 0.239 e. The SMILES string of the molecule is CCN(CC(=O)NC1CCS(=O)(=O)C1)C(=O)CSc1nnc(-c2ccccc2Cl)n1N. The van der Waals surface area contributed by atoms with Gasteiger partial charge in [-0.15, -0.1) is 10.2 Å². The molecule has 3 N–H and O–H groups in total. The third-order valence-electron chi connectivity index (χ3n) is 4.77. The van der Waals surface area contributed by atoms with Gasteiger partial charge in [-0.1, -0.05) is 35.5 Å². The largest absolute Gasteiger partial charge is 0.351 e. The van der Waals surface area contributed by atoms with Crippen LogP contribution in [-0.2, 0) is 19.4 Å². The fourth-order valence-corrected chi connectivity index (χ4v) is 5.80. The Balaban J connectivity index is 1.56. The number of hydrogen-bond acceptors (Lipinski definition) is 8. The average molecular weight is 487 g/mol. The number of amides is 2. The molecule has 0 spiro atoms. The van der Waals surface area contributed by atoms with Crippen LogP contribution < -0.4 is 11.2 Å². The van der Waals surface area contributed by atoms with Crippen LogP contribution in [0.15, 0.2) is 29.4 Å². The molecule has 10 nitrogen and oxygen atoms in total. The molecule has 1 fully saturated rings.